The van der Waals surface area contributed by atoms with Crippen molar-refractivity contribution in [3.63, 3.8) is 0 Å². The van der Waals surface area contributed by atoms with Gasteiger partial charge >= 0.3 is 0 Å². The van der Waals surface area contributed by atoms with Crippen LogP contribution in [0.2, 0.25) is 0 Å². The Morgan fingerprint density at radius 1 is 0.964 bits per heavy atom. The minimum Gasteiger partial charge on any atom is -0.744 e. The van der Waals surface area contributed by atoms with Gasteiger partial charge in [-0.05, 0) is 24.1 Å². The Bertz CT molecular complexity index is 1090. The van der Waals surface area contributed by atoms with Crippen molar-refractivity contribution < 1.29 is 22.9 Å². The number of hydrogen-bond donors (Lipinski definition) is 1. The SMILES string of the molecule is Cc1ccc(S(=O)(=O)[O-])c(CC(O)(C(=O)c2ccccc2)c2ccccc2)c1. The summed E-state index contributed by atoms with van der Waals surface area (Å²) in [5.41, 5.74) is -0.612. The van der Waals surface area contributed by atoms with E-state index in [1.807, 2.05) is 0 Å². The van der Waals surface area contributed by atoms with Crippen LogP contribution >= 0.6 is 0 Å². The van der Waals surface area contributed by atoms with Gasteiger partial charge in [0.25, 0.3) is 0 Å². The van der Waals surface area contributed by atoms with E-state index >= 15 is 0 Å². The molecule has 0 aliphatic rings. The first-order valence-corrected chi connectivity index (χ1v) is 10.1. The molecular weight excluding hydrogens is 376 g/mol. The van der Waals surface area contributed by atoms with E-state index in [-0.39, 0.29) is 17.5 Å². The first-order chi connectivity index (χ1) is 13.2. The standard InChI is InChI=1S/C22H20O5S/c1-16-12-13-20(28(25,26)27)18(14-16)15-22(24,19-10-6-3-7-11-19)21(23)17-8-4-2-5-9-17/h2-14,24H,15H2,1H3,(H,25,26,27)/p-1. The minimum absolute atomic E-state index is 0.102. The van der Waals surface area contributed by atoms with Gasteiger partial charge in [0.1, 0.15) is 10.1 Å². The zero-order chi connectivity index (χ0) is 20.4. The van der Waals surface area contributed by atoms with Crippen molar-refractivity contribution in [2.75, 3.05) is 0 Å². The second-order valence-electron chi connectivity index (χ2n) is 6.66. The van der Waals surface area contributed by atoms with E-state index in [1.165, 1.54) is 18.2 Å². The molecule has 144 valence electrons. The number of rotatable bonds is 6. The maximum Gasteiger partial charge on any atom is 0.199 e. The first-order valence-electron chi connectivity index (χ1n) is 8.65. The highest BCUT2D eigenvalue weighted by Gasteiger charge is 2.39. The lowest BCUT2D eigenvalue weighted by atomic mass is 9.81. The summed E-state index contributed by atoms with van der Waals surface area (Å²) in [5, 5.41) is 11.5. The van der Waals surface area contributed by atoms with Crippen molar-refractivity contribution in [3.8, 4) is 0 Å². The Balaban J connectivity index is 2.18. The average Bonchev–Trinajstić information content (AvgIpc) is 2.67. The van der Waals surface area contributed by atoms with Crippen LogP contribution in [0, 0.1) is 6.92 Å². The van der Waals surface area contributed by atoms with E-state index in [9.17, 15) is 22.9 Å². The van der Waals surface area contributed by atoms with Crippen LogP contribution in [-0.4, -0.2) is 23.9 Å². The molecule has 3 rings (SSSR count). The van der Waals surface area contributed by atoms with E-state index in [1.54, 1.807) is 67.6 Å². The first kappa shape index (κ1) is 19.9. The Labute approximate surface area is 164 Å². The van der Waals surface area contributed by atoms with E-state index in [2.05, 4.69) is 0 Å². The fourth-order valence-corrected chi connectivity index (χ4v) is 3.91. The van der Waals surface area contributed by atoms with Crippen molar-refractivity contribution in [2.45, 2.75) is 23.8 Å². The second-order valence-corrected chi connectivity index (χ2v) is 8.01. The quantitative estimate of drug-likeness (QED) is 0.511. The monoisotopic (exact) mass is 395 g/mol. The molecule has 0 spiro atoms. The smallest absolute Gasteiger partial charge is 0.199 e. The zero-order valence-corrected chi connectivity index (χ0v) is 16.0. The van der Waals surface area contributed by atoms with Crippen LogP contribution in [-0.2, 0) is 22.1 Å². The number of carbonyl (C=O) groups is 1. The Morgan fingerprint density at radius 3 is 2.11 bits per heavy atom. The number of aliphatic hydroxyl groups is 1. The minimum atomic E-state index is -4.77. The summed E-state index contributed by atoms with van der Waals surface area (Å²) in [6, 6.07) is 20.8. The molecule has 0 heterocycles. The lowest BCUT2D eigenvalue weighted by molar-refractivity contribution is 0.0295. The highest BCUT2D eigenvalue weighted by molar-refractivity contribution is 7.85. The van der Waals surface area contributed by atoms with Gasteiger partial charge in [-0.25, -0.2) is 8.42 Å². The van der Waals surface area contributed by atoms with Crippen LogP contribution in [0.5, 0.6) is 0 Å². The molecule has 1 atom stereocenters. The molecule has 0 fully saturated rings. The molecule has 0 aromatic heterocycles. The molecule has 6 heteroatoms. The average molecular weight is 395 g/mol. The van der Waals surface area contributed by atoms with Gasteiger partial charge in [0.2, 0.25) is 0 Å². The maximum absolute atomic E-state index is 13.2. The largest absolute Gasteiger partial charge is 0.744 e. The highest BCUT2D eigenvalue weighted by Crippen LogP contribution is 2.32. The summed E-state index contributed by atoms with van der Waals surface area (Å²) in [6.07, 6.45) is -0.344. The highest BCUT2D eigenvalue weighted by atomic mass is 32.2. The molecule has 0 saturated carbocycles. The Kier molecular flexibility index (Phi) is 5.47. The fraction of sp³-hybridized carbons (Fsp3) is 0.136. The normalized spacial score (nSPS) is 13.7. The van der Waals surface area contributed by atoms with Crippen molar-refractivity contribution in [2.24, 2.45) is 0 Å². The van der Waals surface area contributed by atoms with E-state index in [4.69, 9.17) is 0 Å². The number of ketones is 1. The summed E-state index contributed by atoms with van der Waals surface area (Å²) in [5.74, 6) is -0.574. The third-order valence-electron chi connectivity index (χ3n) is 4.59. The van der Waals surface area contributed by atoms with Crippen LogP contribution in [0.25, 0.3) is 0 Å². The molecule has 5 nitrogen and oxygen atoms in total. The van der Waals surface area contributed by atoms with E-state index in [0.717, 1.165) is 0 Å². The van der Waals surface area contributed by atoms with Gasteiger partial charge in [0, 0.05) is 12.0 Å². The molecule has 3 aromatic rings. The van der Waals surface area contributed by atoms with Crippen LogP contribution < -0.4 is 0 Å². The Hall–Kier alpha value is -2.80. The Morgan fingerprint density at radius 2 is 1.54 bits per heavy atom. The fourth-order valence-electron chi connectivity index (χ4n) is 3.22. The van der Waals surface area contributed by atoms with Gasteiger partial charge in [-0.1, -0.05) is 78.4 Å². The van der Waals surface area contributed by atoms with Gasteiger partial charge in [0.15, 0.2) is 11.4 Å². The molecule has 0 amide bonds. The predicted molar refractivity (Wildman–Crippen MR) is 104 cm³/mol. The van der Waals surface area contributed by atoms with Gasteiger partial charge in [-0.3, -0.25) is 4.79 Å². The van der Waals surface area contributed by atoms with E-state index < -0.39 is 26.4 Å². The molecule has 0 saturated heterocycles. The van der Waals surface area contributed by atoms with Crippen LogP contribution in [0.15, 0.2) is 83.8 Å². The van der Waals surface area contributed by atoms with Gasteiger partial charge in [-0.15, -0.1) is 0 Å². The van der Waals surface area contributed by atoms with Gasteiger partial charge in [-0.2, -0.15) is 0 Å². The summed E-state index contributed by atoms with van der Waals surface area (Å²) >= 11 is 0. The van der Waals surface area contributed by atoms with Crippen molar-refractivity contribution in [1.29, 1.82) is 0 Å². The third kappa shape index (κ3) is 4.04. The molecule has 28 heavy (non-hydrogen) atoms. The van der Waals surface area contributed by atoms with E-state index in [0.29, 0.717) is 11.1 Å². The summed E-state index contributed by atoms with van der Waals surface area (Å²) in [4.78, 5) is 12.8. The molecule has 0 bridgehead atoms. The number of carbonyl (C=O) groups excluding carboxylic acids is 1. The molecule has 1 unspecified atom stereocenters. The molecule has 0 aliphatic heterocycles. The lowest BCUT2D eigenvalue weighted by Gasteiger charge is -2.29. The van der Waals surface area contributed by atoms with Crippen LogP contribution in [0.1, 0.15) is 27.0 Å². The molecular formula is C22H19O5S-. The third-order valence-corrected chi connectivity index (χ3v) is 5.53. The predicted octanol–water partition coefficient (Wildman–Crippen LogP) is 3.21. The van der Waals surface area contributed by atoms with Crippen molar-refractivity contribution in [1.82, 2.24) is 0 Å². The molecule has 0 radical (unpaired) electrons. The number of Topliss-reactive ketones (excluding diaryl/α,β-unsaturated/α-hetero) is 1. The summed E-state index contributed by atoms with van der Waals surface area (Å²) in [7, 11) is -4.77. The molecule has 3 aromatic carbocycles. The maximum atomic E-state index is 13.2. The number of benzene rings is 3. The molecule has 1 N–H and O–H groups in total. The summed E-state index contributed by atoms with van der Waals surface area (Å²) in [6.45, 7) is 1.74. The number of hydrogen-bond acceptors (Lipinski definition) is 5. The summed E-state index contributed by atoms with van der Waals surface area (Å²) < 4.78 is 35.1. The second kappa shape index (κ2) is 7.67. The molecule has 0 aliphatic carbocycles. The lowest BCUT2D eigenvalue weighted by Crippen LogP contribution is -2.38. The van der Waals surface area contributed by atoms with Gasteiger partial charge < -0.3 is 9.66 Å². The van der Waals surface area contributed by atoms with Gasteiger partial charge in [0.05, 0.1) is 4.90 Å². The van der Waals surface area contributed by atoms with Crippen LogP contribution in [0.4, 0.5) is 0 Å². The topological polar surface area (TPSA) is 94.5 Å². The van der Waals surface area contributed by atoms with Crippen molar-refractivity contribution in [3.05, 3.63) is 101 Å². The zero-order valence-electron chi connectivity index (χ0n) is 15.2. The van der Waals surface area contributed by atoms with Crippen LogP contribution in [0.3, 0.4) is 0 Å². The number of aryl methyl sites for hydroxylation is 1. The van der Waals surface area contributed by atoms with Crippen molar-refractivity contribution >= 4 is 15.9 Å².